The van der Waals surface area contributed by atoms with Crippen molar-refractivity contribution in [2.24, 2.45) is 0 Å². The number of pyridine rings is 1. The zero-order chi connectivity index (χ0) is 22.6. The second-order valence-electron chi connectivity index (χ2n) is 8.18. The summed E-state index contributed by atoms with van der Waals surface area (Å²) in [4.78, 5) is 4.51. The molecule has 0 aliphatic heterocycles. The summed E-state index contributed by atoms with van der Waals surface area (Å²) in [5, 5.41) is 12.4. The Morgan fingerprint density at radius 1 is 0.875 bits per heavy atom. The van der Waals surface area contributed by atoms with Crippen LogP contribution in [0.15, 0.2) is 66.9 Å². The first kappa shape index (κ1) is 23.5. The van der Waals surface area contributed by atoms with E-state index in [4.69, 9.17) is 10.1 Å². The van der Waals surface area contributed by atoms with Gasteiger partial charge in [-0.05, 0) is 48.7 Å². The van der Waals surface area contributed by atoms with Gasteiger partial charge in [0.05, 0.1) is 5.71 Å². The molecule has 0 fully saturated rings. The third kappa shape index (κ3) is 6.68. The van der Waals surface area contributed by atoms with E-state index in [0.29, 0.717) is 18.1 Å². The molecule has 3 aromatic rings. The SMILES string of the molecule is CCCCCCCCNc1ncccc1C(=N)c1ccccc1OCc1ccccc1C. The smallest absolute Gasteiger partial charge is 0.135 e. The van der Waals surface area contributed by atoms with E-state index in [9.17, 15) is 0 Å². The van der Waals surface area contributed by atoms with Crippen LogP contribution in [0.1, 0.15) is 67.7 Å². The van der Waals surface area contributed by atoms with Gasteiger partial charge in [0, 0.05) is 23.9 Å². The lowest BCUT2D eigenvalue weighted by atomic mass is 10.0. The monoisotopic (exact) mass is 429 g/mol. The lowest BCUT2D eigenvalue weighted by Crippen LogP contribution is -2.12. The first-order valence-corrected chi connectivity index (χ1v) is 11.7. The summed E-state index contributed by atoms with van der Waals surface area (Å²) in [6.45, 7) is 5.68. The van der Waals surface area contributed by atoms with Crippen LogP contribution in [0.5, 0.6) is 5.75 Å². The van der Waals surface area contributed by atoms with Gasteiger partial charge in [-0.25, -0.2) is 4.98 Å². The Morgan fingerprint density at radius 3 is 2.44 bits per heavy atom. The largest absolute Gasteiger partial charge is 0.488 e. The third-order valence-electron chi connectivity index (χ3n) is 5.70. The molecule has 1 heterocycles. The maximum Gasteiger partial charge on any atom is 0.135 e. The maximum atomic E-state index is 8.91. The van der Waals surface area contributed by atoms with Crippen molar-refractivity contribution in [3.8, 4) is 5.75 Å². The highest BCUT2D eigenvalue weighted by Gasteiger charge is 2.15. The predicted molar refractivity (Wildman–Crippen MR) is 134 cm³/mol. The molecule has 4 nitrogen and oxygen atoms in total. The van der Waals surface area contributed by atoms with Crippen LogP contribution in [0.3, 0.4) is 0 Å². The lowest BCUT2D eigenvalue weighted by molar-refractivity contribution is 0.305. The summed E-state index contributed by atoms with van der Waals surface area (Å²) in [6, 6.07) is 19.8. The molecule has 0 aliphatic carbocycles. The van der Waals surface area contributed by atoms with Crippen LogP contribution in [-0.2, 0) is 6.61 Å². The van der Waals surface area contributed by atoms with E-state index < -0.39 is 0 Å². The molecule has 0 amide bonds. The van der Waals surface area contributed by atoms with Gasteiger partial charge in [-0.1, -0.05) is 75.4 Å². The molecule has 0 radical (unpaired) electrons. The van der Waals surface area contributed by atoms with E-state index in [-0.39, 0.29) is 0 Å². The quantitative estimate of drug-likeness (QED) is 0.224. The Morgan fingerprint density at radius 2 is 1.59 bits per heavy atom. The number of nitrogens with zero attached hydrogens (tertiary/aromatic N) is 1. The van der Waals surface area contributed by atoms with Crippen molar-refractivity contribution in [3.05, 3.63) is 89.1 Å². The molecule has 0 atom stereocenters. The van der Waals surface area contributed by atoms with Crippen LogP contribution >= 0.6 is 0 Å². The molecule has 0 saturated heterocycles. The highest BCUT2D eigenvalue weighted by molar-refractivity contribution is 6.15. The topological polar surface area (TPSA) is 58.0 Å². The number of aryl methyl sites for hydroxylation is 1. The fourth-order valence-corrected chi connectivity index (χ4v) is 3.73. The van der Waals surface area contributed by atoms with Crippen molar-refractivity contribution in [3.63, 3.8) is 0 Å². The van der Waals surface area contributed by atoms with Crippen molar-refractivity contribution in [2.45, 2.75) is 59.0 Å². The molecule has 2 N–H and O–H groups in total. The van der Waals surface area contributed by atoms with Crippen LogP contribution in [0.2, 0.25) is 0 Å². The fourth-order valence-electron chi connectivity index (χ4n) is 3.73. The Hall–Kier alpha value is -3.14. The highest BCUT2D eigenvalue weighted by Crippen LogP contribution is 2.25. The second kappa shape index (κ2) is 12.7. The minimum Gasteiger partial charge on any atom is -0.488 e. The molecule has 0 aliphatic rings. The molecule has 1 aromatic heterocycles. The minimum absolute atomic E-state index is 0.420. The number of hydrogen-bond acceptors (Lipinski definition) is 4. The molecular weight excluding hydrogens is 394 g/mol. The number of anilines is 1. The summed E-state index contributed by atoms with van der Waals surface area (Å²) in [5.41, 5.74) is 4.34. The zero-order valence-corrected chi connectivity index (χ0v) is 19.4. The number of unbranched alkanes of at least 4 members (excludes halogenated alkanes) is 5. The van der Waals surface area contributed by atoms with Crippen molar-refractivity contribution in [1.29, 1.82) is 5.41 Å². The molecule has 4 heteroatoms. The first-order chi connectivity index (χ1) is 15.7. The van der Waals surface area contributed by atoms with E-state index in [1.54, 1.807) is 6.20 Å². The van der Waals surface area contributed by atoms with Crippen LogP contribution < -0.4 is 10.1 Å². The van der Waals surface area contributed by atoms with Crippen LogP contribution in [0.25, 0.3) is 0 Å². The van der Waals surface area contributed by atoms with Gasteiger partial charge < -0.3 is 10.1 Å². The lowest BCUT2D eigenvalue weighted by Gasteiger charge is -2.16. The summed E-state index contributed by atoms with van der Waals surface area (Å²) in [7, 11) is 0. The Balaban J connectivity index is 1.67. The first-order valence-electron chi connectivity index (χ1n) is 11.7. The summed E-state index contributed by atoms with van der Waals surface area (Å²) < 4.78 is 6.15. The number of hydrogen-bond donors (Lipinski definition) is 2. The molecule has 0 saturated carbocycles. The van der Waals surface area contributed by atoms with Crippen molar-refractivity contribution in [2.75, 3.05) is 11.9 Å². The average Bonchev–Trinajstić information content (AvgIpc) is 2.83. The van der Waals surface area contributed by atoms with Gasteiger partial charge >= 0.3 is 0 Å². The van der Waals surface area contributed by atoms with E-state index in [1.807, 2.05) is 48.5 Å². The number of para-hydroxylation sites is 1. The highest BCUT2D eigenvalue weighted by atomic mass is 16.5. The van der Waals surface area contributed by atoms with Crippen molar-refractivity contribution >= 4 is 11.5 Å². The van der Waals surface area contributed by atoms with Gasteiger partial charge in [0.25, 0.3) is 0 Å². The molecule has 32 heavy (non-hydrogen) atoms. The zero-order valence-electron chi connectivity index (χ0n) is 19.4. The van der Waals surface area contributed by atoms with Crippen LogP contribution in [0, 0.1) is 12.3 Å². The average molecular weight is 430 g/mol. The Bertz CT molecular complexity index is 999. The second-order valence-corrected chi connectivity index (χ2v) is 8.18. The van der Waals surface area contributed by atoms with Gasteiger partial charge in [-0.15, -0.1) is 0 Å². The molecule has 3 rings (SSSR count). The molecule has 0 spiro atoms. The molecular formula is C28H35N3O. The Kier molecular flexibility index (Phi) is 9.30. The summed E-state index contributed by atoms with van der Waals surface area (Å²) >= 11 is 0. The van der Waals surface area contributed by atoms with Gasteiger partial charge in [-0.3, -0.25) is 5.41 Å². The maximum absolute atomic E-state index is 8.91. The summed E-state index contributed by atoms with van der Waals surface area (Å²) in [6.07, 6.45) is 9.31. The van der Waals surface area contributed by atoms with Gasteiger partial charge in [0.2, 0.25) is 0 Å². The number of ether oxygens (including phenoxy) is 1. The molecule has 0 bridgehead atoms. The number of benzene rings is 2. The molecule has 0 unspecified atom stereocenters. The van der Waals surface area contributed by atoms with E-state index in [1.165, 1.54) is 37.7 Å². The van der Waals surface area contributed by atoms with Gasteiger partial charge in [0.15, 0.2) is 0 Å². The Labute approximate surface area is 192 Å². The standard InChI is InChI=1S/C28H35N3O/c1-3-4-5-6-7-12-19-30-28-25(17-13-20-31-28)27(29)24-16-10-11-18-26(24)32-21-23-15-9-8-14-22(23)2/h8-11,13-18,20,29H,3-7,12,19,21H2,1-2H3,(H,30,31). The number of aromatic nitrogens is 1. The fraction of sp³-hybridized carbons (Fsp3) is 0.357. The van der Waals surface area contributed by atoms with Crippen LogP contribution in [-0.4, -0.2) is 17.2 Å². The van der Waals surface area contributed by atoms with Crippen molar-refractivity contribution < 1.29 is 4.74 Å². The van der Waals surface area contributed by atoms with Gasteiger partial charge in [-0.2, -0.15) is 0 Å². The summed E-state index contributed by atoms with van der Waals surface area (Å²) in [5.74, 6) is 1.48. The minimum atomic E-state index is 0.420. The third-order valence-corrected chi connectivity index (χ3v) is 5.70. The predicted octanol–water partition coefficient (Wildman–Crippen LogP) is 7.16. The van der Waals surface area contributed by atoms with Crippen LogP contribution in [0.4, 0.5) is 5.82 Å². The number of nitrogens with one attached hydrogen (secondary N) is 2. The van der Waals surface area contributed by atoms with E-state index >= 15 is 0 Å². The number of rotatable bonds is 13. The normalized spacial score (nSPS) is 10.7. The van der Waals surface area contributed by atoms with E-state index in [2.05, 4.69) is 36.3 Å². The molecule has 2 aromatic carbocycles. The van der Waals surface area contributed by atoms with E-state index in [0.717, 1.165) is 35.5 Å². The van der Waals surface area contributed by atoms with Crippen molar-refractivity contribution in [1.82, 2.24) is 4.98 Å². The van der Waals surface area contributed by atoms with Gasteiger partial charge in [0.1, 0.15) is 18.2 Å². The molecule has 168 valence electrons.